The molecule has 1 saturated heterocycles. The molecule has 0 saturated carbocycles. The molecule has 1 amide bonds. The van der Waals surface area contributed by atoms with E-state index < -0.39 is 0 Å². The lowest BCUT2D eigenvalue weighted by atomic mass is 10.0. The zero-order valence-electron chi connectivity index (χ0n) is 13.3. The van der Waals surface area contributed by atoms with Gasteiger partial charge >= 0.3 is 0 Å². The molecule has 0 bridgehead atoms. The molecule has 0 unspecified atom stereocenters. The highest BCUT2D eigenvalue weighted by Crippen LogP contribution is 2.29. The highest BCUT2D eigenvalue weighted by Gasteiger charge is 2.33. The maximum Gasteiger partial charge on any atom is 0.257 e. The van der Waals surface area contributed by atoms with E-state index in [-0.39, 0.29) is 17.9 Å². The number of carbonyl (C=O) groups is 1. The third-order valence-corrected chi connectivity index (χ3v) is 4.46. The van der Waals surface area contributed by atoms with Gasteiger partial charge in [0.2, 0.25) is 0 Å². The average Bonchev–Trinajstić information content (AvgIpc) is 3.33. The van der Waals surface area contributed by atoms with Gasteiger partial charge in [-0.1, -0.05) is 0 Å². The molecule has 2 N–H and O–H groups in total. The third-order valence-electron chi connectivity index (χ3n) is 4.46. The maximum atomic E-state index is 12.8. The molecule has 2 atom stereocenters. The van der Waals surface area contributed by atoms with E-state index in [1.54, 1.807) is 24.3 Å². The van der Waals surface area contributed by atoms with Gasteiger partial charge in [0.15, 0.2) is 0 Å². The number of amides is 1. The number of likely N-dealkylation sites (N-methyl/N-ethyl adjacent to an activating group) is 1. The lowest BCUT2D eigenvalue weighted by Gasteiger charge is -2.23. The second-order valence-electron chi connectivity index (χ2n) is 5.96. The Morgan fingerprint density at radius 3 is 3.21 bits per heavy atom. The molecule has 124 valence electrons. The molecule has 0 aliphatic carbocycles. The normalized spacial score (nSPS) is 20.5. The Hall–Kier alpha value is -2.74. The second-order valence-corrected chi connectivity index (χ2v) is 5.96. The number of aromatic nitrogens is 5. The predicted molar refractivity (Wildman–Crippen MR) is 86.5 cm³/mol. The summed E-state index contributed by atoms with van der Waals surface area (Å²) in [6, 6.07) is 3.74. The Kier molecular flexibility index (Phi) is 3.73. The smallest absolute Gasteiger partial charge is 0.257 e. The van der Waals surface area contributed by atoms with E-state index in [0.717, 1.165) is 17.8 Å². The number of ether oxygens (including phenoxy) is 1. The third kappa shape index (κ3) is 2.54. The molecule has 0 aromatic carbocycles. The molecular weight excluding hydrogens is 308 g/mol. The van der Waals surface area contributed by atoms with Crippen molar-refractivity contribution < 1.29 is 9.53 Å². The number of carbonyl (C=O) groups excluding carboxylic acids is 1. The standard InChI is InChI=1S/C16H18N6O2/c1-22(8-13-10(4-6-24-13)15-19-9-20-21-15)16(23)11-7-18-12-3-2-5-17-14(11)12/h2-3,5,7,9-10,13,18H,4,6,8H2,1H3,(H,19,20,21)/t10-,13-/m1/s1. The highest BCUT2D eigenvalue weighted by atomic mass is 16.5. The second kappa shape index (κ2) is 6.04. The molecular formula is C16H18N6O2. The molecule has 8 heteroatoms. The summed E-state index contributed by atoms with van der Waals surface area (Å²) in [6.07, 6.45) is 5.67. The van der Waals surface area contributed by atoms with Crippen LogP contribution in [-0.2, 0) is 4.74 Å². The Balaban J connectivity index is 1.51. The molecule has 0 spiro atoms. The van der Waals surface area contributed by atoms with Crippen molar-refractivity contribution in [3.8, 4) is 0 Å². The van der Waals surface area contributed by atoms with Crippen LogP contribution in [0.3, 0.4) is 0 Å². The zero-order chi connectivity index (χ0) is 16.5. The summed E-state index contributed by atoms with van der Waals surface area (Å²) in [6.45, 7) is 1.15. The van der Waals surface area contributed by atoms with Gasteiger partial charge < -0.3 is 14.6 Å². The van der Waals surface area contributed by atoms with E-state index in [4.69, 9.17) is 4.74 Å². The number of fused-ring (bicyclic) bond motifs is 1. The monoisotopic (exact) mass is 326 g/mol. The van der Waals surface area contributed by atoms with Crippen LogP contribution in [0, 0.1) is 0 Å². The first-order chi connectivity index (χ1) is 11.7. The van der Waals surface area contributed by atoms with Gasteiger partial charge in [0.25, 0.3) is 5.91 Å². The molecule has 0 radical (unpaired) electrons. The first-order valence-corrected chi connectivity index (χ1v) is 7.88. The van der Waals surface area contributed by atoms with E-state index in [2.05, 4.69) is 25.1 Å². The summed E-state index contributed by atoms with van der Waals surface area (Å²) >= 11 is 0. The van der Waals surface area contributed by atoms with Crippen molar-refractivity contribution in [3.05, 3.63) is 42.2 Å². The number of pyridine rings is 1. The largest absolute Gasteiger partial charge is 0.376 e. The Bertz CT molecular complexity index is 843. The minimum absolute atomic E-state index is 0.0771. The highest BCUT2D eigenvalue weighted by molar-refractivity contribution is 6.05. The fourth-order valence-corrected chi connectivity index (χ4v) is 3.21. The summed E-state index contributed by atoms with van der Waals surface area (Å²) in [5.74, 6) is 0.864. The van der Waals surface area contributed by atoms with Gasteiger partial charge in [0, 0.05) is 38.5 Å². The summed E-state index contributed by atoms with van der Waals surface area (Å²) < 4.78 is 5.81. The van der Waals surface area contributed by atoms with Crippen molar-refractivity contribution in [1.29, 1.82) is 0 Å². The van der Waals surface area contributed by atoms with Crippen molar-refractivity contribution in [2.45, 2.75) is 18.4 Å². The molecule has 1 aliphatic rings. The minimum Gasteiger partial charge on any atom is -0.376 e. The fourth-order valence-electron chi connectivity index (χ4n) is 3.21. The summed E-state index contributed by atoms with van der Waals surface area (Å²) in [7, 11) is 1.78. The summed E-state index contributed by atoms with van der Waals surface area (Å²) in [5, 5.41) is 6.81. The fraction of sp³-hybridized carbons (Fsp3) is 0.375. The lowest BCUT2D eigenvalue weighted by Crippen LogP contribution is -2.36. The lowest BCUT2D eigenvalue weighted by molar-refractivity contribution is 0.0551. The van der Waals surface area contributed by atoms with Crippen molar-refractivity contribution in [2.75, 3.05) is 20.2 Å². The van der Waals surface area contributed by atoms with Crippen LogP contribution in [0.15, 0.2) is 30.9 Å². The Morgan fingerprint density at radius 2 is 2.38 bits per heavy atom. The van der Waals surface area contributed by atoms with Gasteiger partial charge in [-0.25, -0.2) is 4.98 Å². The van der Waals surface area contributed by atoms with Gasteiger partial charge in [-0.05, 0) is 18.6 Å². The molecule has 24 heavy (non-hydrogen) atoms. The summed E-state index contributed by atoms with van der Waals surface area (Å²) in [4.78, 5) is 26.1. The van der Waals surface area contributed by atoms with Crippen LogP contribution in [0.1, 0.15) is 28.5 Å². The molecule has 3 aromatic rings. The van der Waals surface area contributed by atoms with E-state index in [0.29, 0.717) is 24.2 Å². The first-order valence-electron chi connectivity index (χ1n) is 7.88. The number of rotatable bonds is 4. The van der Waals surface area contributed by atoms with Crippen LogP contribution in [0.5, 0.6) is 0 Å². The number of hydrogen-bond donors (Lipinski definition) is 2. The van der Waals surface area contributed by atoms with Gasteiger partial charge in [-0.15, -0.1) is 0 Å². The Labute approximate surface area is 138 Å². The van der Waals surface area contributed by atoms with Crippen molar-refractivity contribution >= 4 is 16.9 Å². The van der Waals surface area contributed by atoms with Crippen LogP contribution in [-0.4, -0.2) is 62.3 Å². The van der Waals surface area contributed by atoms with E-state index in [1.165, 1.54) is 6.33 Å². The maximum absolute atomic E-state index is 12.8. The quantitative estimate of drug-likeness (QED) is 0.753. The van der Waals surface area contributed by atoms with Crippen molar-refractivity contribution in [3.63, 3.8) is 0 Å². The van der Waals surface area contributed by atoms with Crippen LogP contribution in [0.2, 0.25) is 0 Å². The SMILES string of the molecule is CN(C[C@H]1OCC[C@H]1c1ncn[nH]1)C(=O)c1c[nH]c2cccnc12. The number of hydrogen-bond acceptors (Lipinski definition) is 5. The zero-order valence-corrected chi connectivity index (χ0v) is 13.3. The first kappa shape index (κ1) is 14.8. The van der Waals surface area contributed by atoms with Gasteiger partial charge in [0.1, 0.15) is 17.7 Å². The number of nitrogens with one attached hydrogen (secondary N) is 2. The number of H-pyrrole nitrogens is 2. The minimum atomic E-state index is -0.0925. The number of aromatic amines is 2. The van der Waals surface area contributed by atoms with E-state index >= 15 is 0 Å². The predicted octanol–water partition coefficient (Wildman–Crippen LogP) is 1.33. The van der Waals surface area contributed by atoms with Crippen LogP contribution >= 0.6 is 0 Å². The number of nitrogens with zero attached hydrogens (tertiary/aromatic N) is 4. The Morgan fingerprint density at radius 1 is 1.46 bits per heavy atom. The van der Waals surface area contributed by atoms with Gasteiger partial charge in [-0.3, -0.25) is 14.9 Å². The molecule has 1 aliphatic heterocycles. The van der Waals surface area contributed by atoms with E-state index in [9.17, 15) is 4.79 Å². The molecule has 8 nitrogen and oxygen atoms in total. The average molecular weight is 326 g/mol. The van der Waals surface area contributed by atoms with Crippen LogP contribution < -0.4 is 0 Å². The van der Waals surface area contributed by atoms with Gasteiger partial charge in [0.05, 0.1) is 17.2 Å². The van der Waals surface area contributed by atoms with Crippen LogP contribution in [0.25, 0.3) is 11.0 Å². The summed E-state index contributed by atoms with van der Waals surface area (Å²) in [5.41, 5.74) is 2.11. The topological polar surface area (TPSA) is 99.8 Å². The molecule has 1 fully saturated rings. The molecule has 3 aromatic heterocycles. The molecule has 4 rings (SSSR count). The van der Waals surface area contributed by atoms with Crippen molar-refractivity contribution in [2.24, 2.45) is 0 Å². The van der Waals surface area contributed by atoms with Gasteiger partial charge in [-0.2, -0.15) is 5.10 Å². The van der Waals surface area contributed by atoms with E-state index in [1.807, 2.05) is 12.1 Å². The van der Waals surface area contributed by atoms with Crippen LogP contribution in [0.4, 0.5) is 0 Å². The van der Waals surface area contributed by atoms with Crippen molar-refractivity contribution in [1.82, 2.24) is 30.0 Å². The molecule has 4 heterocycles.